The van der Waals surface area contributed by atoms with Crippen LogP contribution in [0.2, 0.25) is 0 Å². The molecule has 0 fully saturated rings. The second-order valence-corrected chi connectivity index (χ2v) is 5.66. The van der Waals surface area contributed by atoms with Gasteiger partial charge < -0.3 is 9.84 Å². The van der Waals surface area contributed by atoms with Crippen molar-refractivity contribution in [2.24, 2.45) is 0 Å². The van der Waals surface area contributed by atoms with Crippen molar-refractivity contribution in [2.45, 2.75) is 16.8 Å². The van der Waals surface area contributed by atoms with Crippen LogP contribution in [0.5, 0.6) is 0 Å². The van der Waals surface area contributed by atoms with E-state index in [0.717, 1.165) is 4.90 Å². The van der Waals surface area contributed by atoms with Gasteiger partial charge in [-0.1, -0.05) is 11.8 Å². The molecule has 5 nitrogen and oxygen atoms in total. The van der Waals surface area contributed by atoms with Gasteiger partial charge in [0.25, 0.3) is 0 Å². The lowest BCUT2D eigenvalue weighted by Crippen LogP contribution is -2.04. The molecule has 2 aromatic rings. The van der Waals surface area contributed by atoms with Crippen LogP contribution in [0.4, 0.5) is 0 Å². The first-order chi connectivity index (χ1) is 9.60. The molecular weight excluding hydrogens is 298 g/mol. The Morgan fingerprint density at radius 3 is 2.80 bits per heavy atom. The number of pyridine rings is 1. The number of carboxylic acid groups (broad SMARTS) is 1. The molecule has 2 heterocycles. The van der Waals surface area contributed by atoms with Crippen molar-refractivity contribution in [2.75, 3.05) is 6.61 Å². The molecule has 104 valence electrons. The van der Waals surface area contributed by atoms with Gasteiger partial charge in [-0.15, -0.1) is 11.3 Å². The summed E-state index contributed by atoms with van der Waals surface area (Å²) in [4.78, 5) is 27.5. The van der Waals surface area contributed by atoms with Gasteiger partial charge in [-0.2, -0.15) is 0 Å². The second-order valence-electron chi connectivity index (χ2n) is 3.66. The SMILES string of the molecule is CCOC(=O)c1ccc(Sc2csc(C(=O)O)c2)nc1. The number of esters is 1. The number of aromatic carboxylic acids is 1. The number of carbonyl (C=O) groups is 2. The van der Waals surface area contributed by atoms with Gasteiger partial charge in [0.2, 0.25) is 0 Å². The Morgan fingerprint density at radius 2 is 2.25 bits per heavy atom. The van der Waals surface area contributed by atoms with Crippen LogP contribution in [0.3, 0.4) is 0 Å². The van der Waals surface area contributed by atoms with Gasteiger partial charge in [0, 0.05) is 16.5 Å². The normalized spacial score (nSPS) is 10.2. The average molecular weight is 309 g/mol. The summed E-state index contributed by atoms with van der Waals surface area (Å²) >= 11 is 2.51. The fraction of sp³-hybridized carbons (Fsp3) is 0.154. The summed E-state index contributed by atoms with van der Waals surface area (Å²) in [6.07, 6.45) is 1.45. The number of hydrogen-bond donors (Lipinski definition) is 1. The molecule has 0 bridgehead atoms. The van der Waals surface area contributed by atoms with E-state index in [-0.39, 0.29) is 4.88 Å². The Bertz CT molecular complexity index is 622. The summed E-state index contributed by atoms with van der Waals surface area (Å²) in [5.74, 6) is -1.34. The van der Waals surface area contributed by atoms with E-state index in [0.29, 0.717) is 17.2 Å². The molecular formula is C13H11NO4S2. The maximum Gasteiger partial charge on any atom is 0.345 e. The number of thiophene rings is 1. The van der Waals surface area contributed by atoms with Crippen molar-refractivity contribution in [3.63, 3.8) is 0 Å². The molecule has 2 rings (SSSR count). The maximum atomic E-state index is 11.5. The minimum atomic E-state index is -0.938. The van der Waals surface area contributed by atoms with Gasteiger partial charge in [0.15, 0.2) is 0 Å². The summed E-state index contributed by atoms with van der Waals surface area (Å²) in [6, 6.07) is 4.94. The summed E-state index contributed by atoms with van der Waals surface area (Å²) in [5.41, 5.74) is 0.396. The highest BCUT2D eigenvalue weighted by Crippen LogP contribution is 2.30. The Labute approximate surface area is 123 Å². The van der Waals surface area contributed by atoms with Crippen LogP contribution in [0.25, 0.3) is 0 Å². The highest BCUT2D eigenvalue weighted by atomic mass is 32.2. The number of carboxylic acids is 1. The topological polar surface area (TPSA) is 76.5 Å². The Balaban J connectivity index is 2.06. The largest absolute Gasteiger partial charge is 0.477 e. The van der Waals surface area contributed by atoms with Crippen molar-refractivity contribution in [3.8, 4) is 0 Å². The number of rotatable bonds is 5. The van der Waals surface area contributed by atoms with Gasteiger partial charge in [0.05, 0.1) is 12.2 Å². The zero-order chi connectivity index (χ0) is 14.5. The molecule has 0 amide bonds. The third kappa shape index (κ3) is 3.58. The zero-order valence-corrected chi connectivity index (χ0v) is 12.2. The molecule has 0 saturated heterocycles. The molecule has 20 heavy (non-hydrogen) atoms. The summed E-state index contributed by atoms with van der Waals surface area (Å²) < 4.78 is 4.87. The maximum absolute atomic E-state index is 11.5. The highest BCUT2D eigenvalue weighted by molar-refractivity contribution is 7.99. The second kappa shape index (κ2) is 6.53. The third-order valence-electron chi connectivity index (χ3n) is 2.26. The fourth-order valence-corrected chi connectivity index (χ4v) is 3.06. The first-order valence-electron chi connectivity index (χ1n) is 5.73. The van der Waals surface area contributed by atoms with Gasteiger partial charge in [-0.05, 0) is 25.1 Å². The van der Waals surface area contributed by atoms with E-state index in [1.165, 1.54) is 29.3 Å². The Kier molecular flexibility index (Phi) is 4.75. The van der Waals surface area contributed by atoms with Crippen LogP contribution >= 0.6 is 23.1 Å². The van der Waals surface area contributed by atoms with Crippen molar-refractivity contribution < 1.29 is 19.4 Å². The fourth-order valence-electron chi connectivity index (χ4n) is 1.38. The predicted molar refractivity (Wildman–Crippen MR) is 75.6 cm³/mol. The number of carbonyl (C=O) groups excluding carboxylic acids is 1. The van der Waals surface area contributed by atoms with E-state index in [1.54, 1.807) is 30.5 Å². The number of aromatic nitrogens is 1. The molecule has 0 atom stereocenters. The predicted octanol–water partition coefficient (Wildman–Crippen LogP) is 3.17. The number of hydrogen-bond acceptors (Lipinski definition) is 6. The average Bonchev–Trinajstić information content (AvgIpc) is 2.88. The molecule has 0 saturated carbocycles. The number of ether oxygens (including phenoxy) is 1. The smallest absolute Gasteiger partial charge is 0.345 e. The summed E-state index contributed by atoms with van der Waals surface area (Å²) in [7, 11) is 0. The van der Waals surface area contributed by atoms with Crippen LogP contribution < -0.4 is 0 Å². The monoisotopic (exact) mass is 309 g/mol. The molecule has 2 aromatic heterocycles. The lowest BCUT2D eigenvalue weighted by molar-refractivity contribution is 0.0525. The van der Waals surface area contributed by atoms with Crippen LogP contribution in [-0.2, 0) is 4.74 Å². The van der Waals surface area contributed by atoms with E-state index >= 15 is 0 Å². The molecule has 0 unspecified atom stereocenters. The molecule has 0 aliphatic rings. The van der Waals surface area contributed by atoms with E-state index in [9.17, 15) is 9.59 Å². The lowest BCUT2D eigenvalue weighted by Gasteiger charge is -2.02. The minimum absolute atomic E-state index is 0.288. The summed E-state index contributed by atoms with van der Waals surface area (Å²) in [6.45, 7) is 2.06. The van der Waals surface area contributed by atoms with Gasteiger partial charge >= 0.3 is 11.9 Å². The molecule has 1 N–H and O–H groups in total. The molecule has 0 aromatic carbocycles. The zero-order valence-electron chi connectivity index (χ0n) is 10.5. The molecule has 0 aliphatic heterocycles. The summed E-state index contributed by atoms with van der Waals surface area (Å²) in [5, 5.41) is 11.3. The van der Waals surface area contributed by atoms with Crippen LogP contribution in [0.15, 0.2) is 39.7 Å². The van der Waals surface area contributed by atoms with Crippen molar-refractivity contribution >= 4 is 35.0 Å². The van der Waals surface area contributed by atoms with E-state index in [1.807, 2.05) is 0 Å². The lowest BCUT2D eigenvalue weighted by atomic mass is 10.3. The van der Waals surface area contributed by atoms with Gasteiger partial charge in [-0.3, -0.25) is 0 Å². The molecule has 0 aliphatic carbocycles. The van der Waals surface area contributed by atoms with Crippen LogP contribution in [0, 0.1) is 0 Å². The quantitative estimate of drug-likeness (QED) is 0.855. The van der Waals surface area contributed by atoms with E-state index < -0.39 is 11.9 Å². The van der Waals surface area contributed by atoms with Crippen molar-refractivity contribution in [1.82, 2.24) is 4.98 Å². The first kappa shape index (κ1) is 14.5. The van der Waals surface area contributed by atoms with E-state index in [2.05, 4.69) is 4.98 Å². The standard InChI is InChI=1S/C13H11NO4S2/c1-2-18-13(17)8-3-4-11(14-6-8)20-9-5-10(12(15)16)19-7-9/h3-7H,2H2,1H3,(H,15,16). The molecule has 7 heteroatoms. The first-order valence-corrected chi connectivity index (χ1v) is 7.42. The highest BCUT2D eigenvalue weighted by Gasteiger charge is 2.10. The van der Waals surface area contributed by atoms with Crippen molar-refractivity contribution in [1.29, 1.82) is 0 Å². The molecule has 0 radical (unpaired) electrons. The van der Waals surface area contributed by atoms with Crippen molar-refractivity contribution in [3.05, 3.63) is 40.2 Å². The minimum Gasteiger partial charge on any atom is -0.477 e. The third-order valence-corrected chi connectivity index (χ3v) is 4.25. The van der Waals surface area contributed by atoms with Gasteiger partial charge in [-0.25, -0.2) is 14.6 Å². The number of nitrogens with zero attached hydrogens (tertiary/aromatic N) is 1. The van der Waals surface area contributed by atoms with Crippen LogP contribution in [-0.4, -0.2) is 28.6 Å². The van der Waals surface area contributed by atoms with Gasteiger partial charge in [0.1, 0.15) is 9.90 Å². The Hall–Kier alpha value is -1.86. The molecule has 0 spiro atoms. The van der Waals surface area contributed by atoms with Crippen LogP contribution in [0.1, 0.15) is 27.0 Å². The van der Waals surface area contributed by atoms with E-state index in [4.69, 9.17) is 9.84 Å². The Morgan fingerprint density at radius 1 is 1.45 bits per heavy atom.